The Kier molecular flexibility index (Phi) is 8.94. The van der Waals surface area contributed by atoms with Crippen LogP contribution in [0.5, 0.6) is 0 Å². The molecule has 0 aliphatic carbocycles. The van der Waals surface area contributed by atoms with Crippen LogP contribution in [0.15, 0.2) is 133 Å². The Morgan fingerprint density at radius 1 is 0.867 bits per heavy atom. The smallest absolute Gasteiger partial charge is 0.346 e. The first kappa shape index (κ1) is 30.8. The molecule has 0 radical (unpaired) electrons. The number of amides is 2. The van der Waals surface area contributed by atoms with Crippen LogP contribution >= 0.6 is 18.6 Å². The third kappa shape index (κ3) is 6.47. The van der Waals surface area contributed by atoms with Gasteiger partial charge in [-0.25, -0.2) is 18.2 Å². The number of urea groups is 1. The van der Waals surface area contributed by atoms with E-state index in [1.54, 1.807) is 6.08 Å². The second-order valence-electron chi connectivity index (χ2n) is 10.4. The van der Waals surface area contributed by atoms with Gasteiger partial charge in [-0.3, -0.25) is 0 Å². The molecule has 3 heterocycles. The average molecular weight is 656 g/mol. The normalized spacial score (nSPS) is 16.5. The second-order valence-corrected chi connectivity index (χ2v) is 15.7. The number of para-hydroxylation sites is 1. The molecule has 8 nitrogen and oxygen atoms in total. The van der Waals surface area contributed by atoms with Crippen LogP contribution in [-0.2, 0) is 14.7 Å². The van der Waals surface area contributed by atoms with Crippen LogP contribution in [0.3, 0.4) is 0 Å². The highest BCUT2D eigenvalue weighted by molar-refractivity contribution is 7.98. The largest absolute Gasteiger partial charge is 0.724 e. The Labute approximate surface area is 267 Å². The predicted molar refractivity (Wildman–Crippen MR) is 181 cm³/mol. The fourth-order valence-corrected chi connectivity index (χ4v) is 10.8. The van der Waals surface area contributed by atoms with Gasteiger partial charge >= 0.3 is 6.03 Å². The molecular weight excluding hydrogens is 625 g/mol. The maximum Gasteiger partial charge on any atom is 0.346 e. The van der Waals surface area contributed by atoms with E-state index < -0.39 is 29.7 Å². The van der Waals surface area contributed by atoms with Crippen LogP contribution in [0.1, 0.15) is 11.9 Å². The standard InChI is InChI=1S/C21H20P.C13H11N3O5S2/c1-2-18-22(19-12-6-3-7-13-19,20-14-8-4-9-15-20)21-16-10-5-11-17-21;17-13-15-6-8(5-9(7-15)16(13)21-23(18,19)20)12-14-10-3-1-2-4-11(10)22-12/h2-18H,1H3;1-5,9H,6-7H2,(H,18,19,20)/q+1;/p-1. The van der Waals surface area contributed by atoms with Crippen LogP contribution in [0, 0.1) is 0 Å². The quantitative estimate of drug-likeness (QED) is 0.127. The molecule has 1 saturated heterocycles. The Morgan fingerprint density at radius 3 is 1.91 bits per heavy atom. The first-order valence-electron chi connectivity index (χ1n) is 14.3. The van der Waals surface area contributed by atoms with Crippen LogP contribution in [0.2, 0.25) is 0 Å². The van der Waals surface area contributed by atoms with Crippen molar-refractivity contribution in [2.24, 2.45) is 0 Å². The molecule has 0 saturated carbocycles. The second kappa shape index (κ2) is 13.0. The molecule has 5 aromatic rings. The van der Waals surface area contributed by atoms with Crippen molar-refractivity contribution in [3.8, 4) is 0 Å². The van der Waals surface area contributed by atoms with Crippen molar-refractivity contribution in [3.05, 3.63) is 138 Å². The molecule has 2 aliphatic heterocycles. The number of thiazole rings is 1. The van der Waals surface area contributed by atoms with Gasteiger partial charge in [-0.05, 0) is 61.5 Å². The van der Waals surface area contributed by atoms with Gasteiger partial charge in [-0.15, -0.1) is 11.3 Å². The third-order valence-electron chi connectivity index (χ3n) is 7.53. The number of hydroxylamine groups is 2. The van der Waals surface area contributed by atoms with Crippen LogP contribution < -0.4 is 15.9 Å². The molecule has 1 atom stereocenters. The van der Waals surface area contributed by atoms with Gasteiger partial charge in [0.25, 0.3) is 0 Å². The SMILES string of the molecule is CC=C[P+](c1ccccc1)(c1ccccc1)c1ccccc1.O=C1N2CC(c3nc4ccccc4s3)=CC(C2)N1OS(=O)(=O)[O-]. The first-order valence-corrected chi connectivity index (χ1v) is 18.3. The molecule has 11 heteroatoms. The van der Waals surface area contributed by atoms with Gasteiger partial charge in [0.05, 0.1) is 28.6 Å². The molecule has 1 aromatic heterocycles. The Hall–Kier alpha value is -4.18. The van der Waals surface area contributed by atoms with Gasteiger partial charge in [0.2, 0.25) is 10.4 Å². The molecule has 2 aliphatic rings. The van der Waals surface area contributed by atoms with Crippen molar-refractivity contribution < 1.29 is 22.0 Å². The maximum absolute atomic E-state index is 12.1. The summed E-state index contributed by atoms with van der Waals surface area (Å²) in [7, 11) is -6.73. The monoisotopic (exact) mass is 655 g/mol. The van der Waals surface area contributed by atoms with Crippen molar-refractivity contribution in [3.63, 3.8) is 0 Å². The molecule has 0 spiro atoms. The van der Waals surface area contributed by atoms with Crippen molar-refractivity contribution >= 4 is 66.7 Å². The first-order chi connectivity index (χ1) is 21.8. The molecule has 2 bridgehead atoms. The molecule has 1 fully saturated rings. The zero-order chi connectivity index (χ0) is 31.4. The van der Waals surface area contributed by atoms with E-state index in [-0.39, 0.29) is 6.54 Å². The number of rotatable bonds is 7. The minimum Gasteiger partial charge on any atom is -0.724 e. The van der Waals surface area contributed by atoms with E-state index in [0.29, 0.717) is 11.6 Å². The molecule has 4 aromatic carbocycles. The average Bonchev–Trinajstić information content (AvgIpc) is 3.59. The van der Waals surface area contributed by atoms with Gasteiger partial charge in [-0.2, -0.15) is 9.35 Å². The van der Waals surface area contributed by atoms with Crippen LogP contribution in [0.4, 0.5) is 4.79 Å². The van der Waals surface area contributed by atoms with Crippen molar-refractivity contribution in [1.82, 2.24) is 14.9 Å². The summed E-state index contributed by atoms with van der Waals surface area (Å²) in [6.45, 7) is 2.69. The molecular formula is C34H30N3O5PS2. The highest BCUT2D eigenvalue weighted by atomic mass is 32.3. The molecule has 7 rings (SSSR count). The number of carbonyl (C=O) groups excluding carboxylic acids is 1. The lowest BCUT2D eigenvalue weighted by Crippen LogP contribution is -2.35. The zero-order valence-electron chi connectivity index (χ0n) is 24.3. The number of hydrogen-bond donors (Lipinski definition) is 0. The highest BCUT2D eigenvalue weighted by Crippen LogP contribution is 2.56. The molecule has 228 valence electrons. The molecule has 45 heavy (non-hydrogen) atoms. The van der Waals surface area contributed by atoms with Gasteiger partial charge in [0.1, 0.15) is 28.2 Å². The summed E-state index contributed by atoms with van der Waals surface area (Å²) in [6, 6.07) is 39.1. The highest BCUT2D eigenvalue weighted by Gasteiger charge is 2.43. The van der Waals surface area contributed by atoms with E-state index in [2.05, 4.69) is 119 Å². The van der Waals surface area contributed by atoms with E-state index in [9.17, 15) is 17.8 Å². The van der Waals surface area contributed by atoms with Crippen molar-refractivity contribution in [2.75, 3.05) is 13.1 Å². The minimum atomic E-state index is -5.00. The summed E-state index contributed by atoms with van der Waals surface area (Å²) in [5.74, 6) is 2.41. The lowest BCUT2D eigenvalue weighted by Gasteiger charge is -2.23. The van der Waals surface area contributed by atoms with E-state index >= 15 is 0 Å². The van der Waals surface area contributed by atoms with Crippen LogP contribution in [0.25, 0.3) is 15.8 Å². The Morgan fingerprint density at radius 2 is 1.40 bits per heavy atom. The number of carbonyl (C=O) groups is 1. The van der Waals surface area contributed by atoms with E-state index in [4.69, 9.17) is 0 Å². The van der Waals surface area contributed by atoms with Crippen LogP contribution in [-0.4, -0.2) is 53.1 Å². The summed E-state index contributed by atoms with van der Waals surface area (Å²) >= 11 is 1.49. The maximum atomic E-state index is 12.1. The number of nitrogens with zero attached hydrogens (tertiary/aromatic N) is 3. The predicted octanol–water partition coefficient (Wildman–Crippen LogP) is 5.71. The Balaban J connectivity index is 0.000000159. The van der Waals surface area contributed by atoms with Crippen molar-refractivity contribution in [1.29, 1.82) is 0 Å². The molecule has 0 N–H and O–H groups in total. The van der Waals surface area contributed by atoms with Gasteiger partial charge in [-0.1, -0.05) is 72.8 Å². The number of hydrogen-bond acceptors (Lipinski definition) is 7. The number of aromatic nitrogens is 1. The molecule has 2 amide bonds. The Bertz CT molecular complexity index is 1840. The summed E-state index contributed by atoms with van der Waals surface area (Å²) in [4.78, 5) is 18.0. The lowest BCUT2D eigenvalue weighted by molar-refractivity contribution is -0.0195. The summed E-state index contributed by atoms with van der Waals surface area (Å²) in [6.07, 6.45) is 3.92. The molecule has 1 unspecified atom stereocenters. The van der Waals surface area contributed by atoms with Gasteiger partial charge in [0.15, 0.2) is 0 Å². The summed E-state index contributed by atoms with van der Waals surface area (Å²) < 4.78 is 37.6. The van der Waals surface area contributed by atoms with E-state index in [0.717, 1.165) is 20.8 Å². The van der Waals surface area contributed by atoms with Gasteiger partial charge in [0, 0.05) is 12.1 Å². The fourth-order valence-electron chi connectivity index (χ4n) is 5.65. The zero-order valence-corrected chi connectivity index (χ0v) is 26.9. The fraction of sp³-hybridized carbons (Fsp3) is 0.118. The van der Waals surface area contributed by atoms with Crippen molar-refractivity contribution in [2.45, 2.75) is 13.0 Å². The number of allylic oxidation sites excluding steroid dienone is 1. The summed E-state index contributed by atoms with van der Waals surface area (Å²) in [5, 5.41) is 5.56. The third-order valence-corrected chi connectivity index (χ3v) is 13.1. The minimum absolute atomic E-state index is 0.281. The summed E-state index contributed by atoms with van der Waals surface area (Å²) in [5.41, 5.74) is 1.67. The van der Waals surface area contributed by atoms with Gasteiger partial charge < -0.3 is 9.45 Å². The van der Waals surface area contributed by atoms with E-state index in [1.165, 1.54) is 32.2 Å². The van der Waals surface area contributed by atoms with E-state index in [1.807, 2.05) is 24.3 Å². The topological polar surface area (TPSA) is 103 Å². The number of benzene rings is 4. The number of fused-ring (bicyclic) bond motifs is 3. The lowest BCUT2D eigenvalue weighted by atomic mass is 10.1.